The second-order valence-electron chi connectivity index (χ2n) is 4.12. The fourth-order valence-electron chi connectivity index (χ4n) is 2.28. The maximum absolute atomic E-state index is 3.58. The van der Waals surface area contributed by atoms with Gasteiger partial charge in [-0.2, -0.15) is 0 Å². The summed E-state index contributed by atoms with van der Waals surface area (Å²) in [4.78, 5) is 3.51. The topological polar surface area (TPSA) is 27.8 Å². The number of hydrogen-bond acceptors (Lipinski definition) is 1. The minimum atomic E-state index is 0.657. The van der Waals surface area contributed by atoms with Gasteiger partial charge in [-0.3, -0.25) is 0 Å². The number of H-pyrrole nitrogens is 1. The number of nitrogens with one attached hydrogen (secondary N) is 2. The normalized spacial score (nSPS) is 21.3. The minimum absolute atomic E-state index is 0.657. The maximum Gasteiger partial charge on any atom is 0.0467 e. The molecule has 2 N–H and O–H groups in total. The van der Waals surface area contributed by atoms with Crippen LogP contribution in [0.4, 0.5) is 0 Å². The Morgan fingerprint density at radius 2 is 2.27 bits per heavy atom. The molecule has 1 aliphatic rings. The molecule has 3 rings (SSSR count). The van der Waals surface area contributed by atoms with Crippen molar-refractivity contribution in [2.75, 3.05) is 13.1 Å². The third kappa shape index (κ3) is 1.60. The molecule has 0 unspecified atom stereocenters. The highest BCUT2D eigenvalue weighted by molar-refractivity contribution is 9.10. The Hall–Kier alpha value is -0.800. The molecule has 1 saturated heterocycles. The molecule has 0 radical (unpaired) electrons. The molecule has 0 bridgehead atoms. The summed E-state index contributed by atoms with van der Waals surface area (Å²) in [6, 6.07) is 8.56. The van der Waals surface area contributed by atoms with E-state index >= 15 is 0 Å². The van der Waals surface area contributed by atoms with Crippen LogP contribution in [-0.4, -0.2) is 18.1 Å². The van der Waals surface area contributed by atoms with Crippen molar-refractivity contribution in [1.29, 1.82) is 0 Å². The summed E-state index contributed by atoms with van der Waals surface area (Å²) in [6.07, 6.45) is 1.24. The van der Waals surface area contributed by atoms with Crippen molar-refractivity contribution in [1.82, 2.24) is 10.3 Å². The van der Waals surface area contributed by atoms with Gasteiger partial charge in [-0.25, -0.2) is 0 Å². The molecule has 2 heterocycles. The van der Waals surface area contributed by atoms with Crippen LogP contribution in [0, 0.1) is 0 Å². The zero-order chi connectivity index (χ0) is 10.3. The molecule has 0 spiro atoms. The standard InChI is InChI=1S/C12H13BrN2/c13-10-2-1-3-11-9(10)6-12(15-11)8-4-5-14-7-8/h1-3,6,8,14-15H,4-5,7H2/t8-/m1/s1. The fourth-order valence-corrected chi connectivity index (χ4v) is 2.76. The second-order valence-corrected chi connectivity index (χ2v) is 4.97. The first-order valence-corrected chi connectivity index (χ1v) is 6.12. The first-order chi connectivity index (χ1) is 7.34. The SMILES string of the molecule is Brc1cccc2[nH]c([C@@H]3CCNC3)cc12. The van der Waals surface area contributed by atoms with E-state index in [9.17, 15) is 0 Å². The molecule has 3 heteroatoms. The third-order valence-electron chi connectivity index (χ3n) is 3.13. The summed E-state index contributed by atoms with van der Waals surface area (Å²) in [7, 11) is 0. The molecule has 1 fully saturated rings. The van der Waals surface area contributed by atoms with Crippen LogP contribution in [0.25, 0.3) is 10.9 Å². The molecule has 0 aliphatic carbocycles. The maximum atomic E-state index is 3.58. The van der Waals surface area contributed by atoms with Crippen LogP contribution in [0.2, 0.25) is 0 Å². The van der Waals surface area contributed by atoms with E-state index in [1.807, 2.05) is 0 Å². The molecule has 78 valence electrons. The van der Waals surface area contributed by atoms with E-state index < -0.39 is 0 Å². The minimum Gasteiger partial charge on any atom is -0.358 e. The lowest BCUT2D eigenvalue weighted by Crippen LogP contribution is -2.07. The fraction of sp³-hybridized carbons (Fsp3) is 0.333. The molecule has 2 nitrogen and oxygen atoms in total. The van der Waals surface area contributed by atoms with E-state index in [4.69, 9.17) is 0 Å². The molecule has 0 saturated carbocycles. The van der Waals surface area contributed by atoms with Gasteiger partial charge in [-0.05, 0) is 31.2 Å². The van der Waals surface area contributed by atoms with Crippen molar-refractivity contribution >= 4 is 26.8 Å². The number of halogens is 1. The lowest BCUT2D eigenvalue weighted by molar-refractivity contribution is 0.743. The molecule has 1 atom stereocenters. The van der Waals surface area contributed by atoms with Crippen LogP contribution in [0.15, 0.2) is 28.7 Å². The van der Waals surface area contributed by atoms with E-state index in [2.05, 4.69) is 50.5 Å². The van der Waals surface area contributed by atoms with Crippen LogP contribution in [-0.2, 0) is 0 Å². The van der Waals surface area contributed by atoms with E-state index in [1.165, 1.54) is 27.5 Å². The summed E-state index contributed by atoms with van der Waals surface area (Å²) in [5, 5.41) is 4.69. The molecular formula is C12H13BrN2. The van der Waals surface area contributed by atoms with E-state index in [0.717, 1.165) is 13.1 Å². The van der Waals surface area contributed by atoms with Gasteiger partial charge in [-0.15, -0.1) is 0 Å². The largest absolute Gasteiger partial charge is 0.358 e. The molecule has 1 aromatic heterocycles. The average Bonchev–Trinajstić information content (AvgIpc) is 2.86. The van der Waals surface area contributed by atoms with Crippen LogP contribution in [0.3, 0.4) is 0 Å². The summed E-state index contributed by atoms with van der Waals surface area (Å²) in [6.45, 7) is 2.24. The van der Waals surface area contributed by atoms with Crippen molar-refractivity contribution in [2.45, 2.75) is 12.3 Å². The monoisotopic (exact) mass is 264 g/mol. The number of aromatic amines is 1. The summed E-state index contributed by atoms with van der Waals surface area (Å²) in [5.41, 5.74) is 2.59. The van der Waals surface area contributed by atoms with Crippen LogP contribution >= 0.6 is 15.9 Å². The highest BCUT2D eigenvalue weighted by Crippen LogP contribution is 2.29. The Morgan fingerprint density at radius 3 is 3.00 bits per heavy atom. The van der Waals surface area contributed by atoms with Gasteiger partial charge in [0, 0.05) is 33.5 Å². The molecule has 0 amide bonds. The van der Waals surface area contributed by atoms with Gasteiger partial charge in [0.15, 0.2) is 0 Å². The number of rotatable bonds is 1. The van der Waals surface area contributed by atoms with Gasteiger partial charge in [0.05, 0.1) is 0 Å². The smallest absolute Gasteiger partial charge is 0.0467 e. The van der Waals surface area contributed by atoms with Crippen molar-refractivity contribution in [3.05, 3.63) is 34.4 Å². The summed E-state index contributed by atoms with van der Waals surface area (Å²) < 4.78 is 1.17. The molecule has 1 aromatic carbocycles. The predicted octanol–water partition coefficient (Wildman–Crippen LogP) is 3.01. The van der Waals surface area contributed by atoms with Crippen molar-refractivity contribution in [2.24, 2.45) is 0 Å². The van der Waals surface area contributed by atoms with Gasteiger partial charge in [0.2, 0.25) is 0 Å². The quantitative estimate of drug-likeness (QED) is 0.815. The van der Waals surface area contributed by atoms with Gasteiger partial charge < -0.3 is 10.3 Å². The van der Waals surface area contributed by atoms with Crippen molar-refractivity contribution < 1.29 is 0 Å². The van der Waals surface area contributed by atoms with Gasteiger partial charge in [-0.1, -0.05) is 22.0 Å². The average molecular weight is 265 g/mol. The highest BCUT2D eigenvalue weighted by Gasteiger charge is 2.18. The lowest BCUT2D eigenvalue weighted by Gasteiger charge is -2.03. The lowest BCUT2D eigenvalue weighted by atomic mass is 10.1. The van der Waals surface area contributed by atoms with Crippen LogP contribution in [0.1, 0.15) is 18.0 Å². The van der Waals surface area contributed by atoms with E-state index in [1.54, 1.807) is 0 Å². The van der Waals surface area contributed by atoms with Gasteiger partial charge >= 0.3 is 0 Å². The van der Waals surface area contributed by atoms with Crippen molar-refractivity contribution in [3.63, 3.8) is 0 Å². The van der Waals surface area contributed by atoms with Crippen molar-refractivity contribution in [3.8, 4) is 0 Å². The highest BCUT2D eigenvalue weighted by atomic mass is 79.9. The zero-order valence-corrected chi connectivity index (χ0v) is 9.97. The Labute approximate surface area is 97.2 Å². The van der Waals surface area contributed by atoms with Gasteiger partial charge in [0.1, 0.15) is 0 Å². The predicted molar refractivity (Wildman–Crippen MR) is 66.2 cm³/mol. The number of benzene rings is 1. The number of fused-ring (bicyclic) bond motifs is 1. The number of aromatic nitrogens is 1. The summed E-state index contributed by atoms with van der Waals surface area (Å²) >= 11 is 3.58. The third-order valence-corrected chi connectivity index (χ3v) is 3.82. The van der Waals surface area contributed by atoms with E-state index in [0.29, 0.717) is 5.92 Å². The molecule has 1 aliphatic heterocycles. The first kappa shape index (κ1) is 9.43. The molecular weight excluding hydrogens is 252 g/mol. The van der Waals surface area contributed by atoms with E-state index in [-0.39, 0.29) is 0 Å². The molecule has 15 heavy (non-hydrogen) atoms. The molecule has 2 aromatic rings. The zero-order valence-electron chi connectivity index (χ0n) is 8.39. The first-order valence-electron chi connectivity index (χ1n) is 5.32. The van der Waals surface area contributed by atoms with Crippen LogP contribution in [0.5, 0.6) is 0 Å². The summed E-state index contributed by atoms with van der Waals surface area (Å²) in [5.74, 6) is 0.657. The van der Waals surface area contributed by atoms with Crippen LogP contribution < -0.4 is 5.32 Å². The second kappa shape index (κ2) is 3.65. The number of hydrogen-bond donors (Lipinski definition) is 2. The Balaban J connectivity index is 2.09. The Kier molecular flexibility index (Phi) is 2.29. The Bertz CT molecular complexity index is 483. The van der Waals surface area contributed by atoms with Gasteiger partial charge in [0.25, 0.3) is 0 Å². The Morgan fingerprint density at radius 1 is 1.33 bits per heavy atom.